The minimum Gasteiger partial charge on any atom is -0.383 e. The molecule has 1 aromatic heterocycles. The molecule has 0 fully saturated rings. The molecule has 0 amide bonds. The summed E-state index contributed by atoms with van der Waals surface area (Å²) in [5, 5.41) is 0.753. The van der Waals surface area contributed by atoms with E-state index in [4.69, 9.17) is 5.73 Å². The number of benzene rings is 2. The molecular formula is C15H11FN2. The van der Waals surface area contributed by atoms with E-state index in [2.05, 4.69) is 4.98 Å². The van der Waals surface area contributed by atoms with Crippen LogP contribution in [0.5, 0.6) is 0 Å². The fourth-order valence-corrected chi connectivity index (χ4v) is 2.01. The first kappa shape index (κ1) is 10.7. The maximum absolute atomic E-state index is 13.2. The van der Waals surface area contributed by atoms with Crippen molar-refractivity contribution in [2.24, 2.45) is 0 Å². The molecule has 0 saturated heterocycles. The summed E-state index contributed by atoms with van der Waals surface area (Å²) in [5.41, 5.74) is 8.46. The van der Waals surface area contributed by atoms with Crippen LogP contribution >= 0.6 is 0 Å². The lowest BCUT2D eigenvalue weighted by molar-refractivity contribution is 0.629. The van der Waals surface area contributed by atoms with Crippen LogP contribution < -0.4 is 5.73 Å². The van der Waals surface area contributed by atoms with Crippen molar-refractivity contribution in [1.29, 1.82) is 0 Å². The van der Waals surface area contributed by atoms with Crippen LogP contribution in [0.15, 0.2) is 54.6 Å². The molecule has 3 heteroatoms. The van der Waals surface area contributed by atoms with Gasteiger partial charge in [0.25, 0.3) is 0 Å². The summed E-state index contributed by atoms with van der Waals surface area (Å²) < 4.78 is 13.2. The van der Waals surface area contributed by atoms with Gasteiger partial charge in [0.05, 0.1) is 5.52 Å². The highest BCUT2D eigenvalue weighted by Crippen LogP contribution is 2.28. The Hall–Kier alpha value is -2.42. The quantitative estimate of drug-likeness (QED) is 0.703. The van der Waals surface area contributed by atoms with Crippen molar-refractivity contribution < 1.29 is 4.39 Å². The van der Waals surface area contributed by atoms with Gasteiger partial charge in [0.1, 0.15) is 11.6 Å². The molecule has 0 aliphatic rings. The highest BCUT2D eigenvalue weighted by atomic mass is 19.1. The average molecular weight is 238 g/mol. The minimum atomic E-state index is -0.270. The number of rotatable bonds is 1. The first-order chi connectivity index (χ1) is 8.74. The van der Waals surface area contributed by atoms with E-state index in [1.54, 1.807) is 6.07 Å². The van der Waals surface area contributed by atoms with Gasteiger partial charge in [0.2, 0.25) is 0 Å². The Morgan fingerprint density at radius 1 is 0.944 bits per heavy atom. The molecule has 0 saturated carbocycles. The summed E-state index contributed by atoms with van der Waals surface area (Å²) >= 11 is 0. The van der Waals surface area contributed by atoms with Crippen LogP contribution in [0.2, 0.25) is 0 Å². The lowest BCUT2D eigenvalue weighted by Gasteiger charge is -2.07. The highest BCUT2D eigenvalue weighted by Gasteiger charge is 2.06. The molecule has 0 bridgehead atoms. The number of halogens is 1. The standard InChI is InChI=1S/C15H11FN2/c16-12-6-7-14-11(8-12)9-13(15(17)18-14)10-4-2-1-3-5-10/h1-9H,(H2,17,18). The predicted molar refractivity (Wildman–Crippen MR) is 71.5 cm³/mol. The van der Waals surface area contributed by atoms with Gasteiger partial charge in [-0.15, -0.1) is 0 Å². The zero-order valence-corrected chi connectivity index (χ0v) is 9.60. The summed E-state index contributed by atoms with van der Waals surface area (Å²) in [6.45, 7) is 0. The molecule has 0 unspecified atom stereocenters. The zero-order valence-electron chi connectivity index (χ0n) is 9.60. The third-order valence-electron chi connectivity index (χ3n) is 2.89. The van der Waals surface area contributed by atoms with Crippen molar-refractivity contribution in [3.05, 3.63) is 60.4 Å². The van der Waals surface area contributed by atoms with Crippen molar-refractivity contribution in [3.63, 3.8) is 0 Å². The second-order valence-corrected chi connectivity index (χ2v) is 4.12. The smallest absolute Gasteiger partial charge is 0.131 e. The van der Waals surface area contributed by atoms with E-state index in [0.717, 1.165) is 16.5 Å². The number of nitrogens with two attached hydrogens (primary N) is 1. The molecule has 0 aliphatic carbocycles. The van der Waals surface area contributed by atoms with E-state index >= 15 is 0 Å². The number of anilines is 1. The number of hydrogen-bond donors (Lipinski definition) is 1. The van der Waals surface area contributed by atoms with Gasteiger partial charge in [-0.3, -0.25) is 0 Å². The van der Waals surface area contributed by atoms with E-state index in [0.29, 0.717) is 11.3 Å². The third kappa shape index (κ3) is 1.80. The van der Waals surface area contributed by atoms with Crippen LogP contribution in [0.1, 0.15) is 0 Å². The highest BCUT2D eigenvalue weighted by molar-refractivity contribution is 5.88. The van der Waals surface area contributed by atoms with Crippen LogP contribution in [0.25, 0.3) is 22.0 Å². The van der Waals surface area contributed by atoms with Crippen LogP contribution in [0.4, 0.5) is 10.2 Å². The third-order valence-corrected chi connectivity index (χ3v) is 2.89. The molecule has 2 aromatic carbocycles. The first-order valence-corrected chi connectivity index (χ1v) is 5.65. The summed E-state index contributed by atoms with van der Waals surface area (Å²) in [6, 6.07) is 16.1. The number of nitrogen functional groups attached to an aromatic ring is 1. The molecule has 0 atom stereocenters. The molecule has 1 heterocycles. The van der Waals surface area contributed by atoms with Crippen molar-refractivity contribution in [1.82, 2.24) is 4.98 Å². The number of aromatic nitrogens is 1. The SMILES string of the molecule is Nc1nc2ccc(F)cc2cc1-c1ccccc1. The van der Waals surface area contributed by atoms with Gasteiger partial charge in [0.15, 0.2) is 0 Å². The fraction of sp³-hybridized carbons (Fsp3) is 0. The lowest BCUT2D eigenvalue weighted by atomic mass is 10.0. The minimum absolute atomic E-state index is 0.270. The van der Waals surface area contributed by atoms with E-state index in [-0.39, 0.29) is 5.82 Å². The van der Waals surface area contributed by atoms with Crippen molar-refractivity contribution in [2.45, 2.75) is 0 Å². The Morgan fingerprint density at radius 3 is 2.50 bits per heavy atom. The van der Waals surface area contributed by atoms with Gasteiger partial charge in [0, 0.05) is 10.9 Å². The summed E-state index contributed by atoms with van der Waals surface area (Å²) in [6.07, 6.45) is 0. The van der Waals surface area contributed by atoms with E-state index in [1.165, 1.54) is 12.1 Å². The van der Waals surface area contributed by atoms with Gasteiger partial charge >= 0.3 is 0 Å². The topological polar surface area (TPSA) is 38.9 Å². The monoisotopic (exact) mass is 238 g/mol. The van der Waals surface area contributed by atoms with E-state index in [1.807, 2.05) is 36.4 Å². The van der Waals surface area contributed by atoms with Crippen molar-refractivity contribution in [2.75, 3.05) is 5.73 Å². The molecular weight excluding hydrogens is 227 g/mol. The lowest BCUT2D eigenvalue weighted by Crippen LogP contribution is -1.95. The molecule has 3 rings (SSSR count). The van der Waals surface area contributed by atoms with Crippen molar-refractivity contribution >= 4 is 16.7 Å². The maximum atomic E-state index is 13.2. The van der Waals surface area contributed by atoms with E-state index < -0.39 is 0 Å². The molecule has 3 aromatic rings. The van der Waals surface area contributed by atoms with Crippen LogP contribution in [-0.2, 0) is 0 Å². The first-order valence-electron chi connectivity index (χ1n) is 5.65. The predicted octanol–water partition coefficient (Wildman–Crippen LogP) is 3.62. The Kier molecular flexibility index (Phi) is 2.45. The second-order valence-electron chi connectivity index (χ2n) is 4.12. The van der Waals surface area contributed by atoms with Crippen molar-refractivity contribution in [3.8, 4) is 11.1 Å². The molecule has 0 radical (unpaired) electrons. The van der Waals surface area contributed by atoms with Crippen LogP contribution in [0.3, 0.4) is 0 Å². The van der Waals surface area contributed by atoms with Gasteiger partial charge < -0.3 is 5.73 Å². The summed E-state index contributed by atoms with van der Waals surface area (Å²) in [7, 11) is 0. The normalized spacial score (nSPS) is 10.7. The average Bonchev–Trinajstić information content (AvgIpc) is 2.39. The maximum Gasteiger partial charge on any atom is 0.131 e. The molecule has 88 valence electrons. The molecule has 0 aliphatic heterocycles. The Bertz CT molecular complexity index is 708. The molecule has 18 heavy (non-hydrogen) atoms. The zero-order chi connectivity index (χ0) is 12.5. The fourth-order valence-electron chi connectivity index (χ4n) is 2.01. The molecule has 0 spiro atoms. The summed E-state index contributed by atoms with van der Waals surface area (Å²) in [5.74, 6) is 0.188. The largest absolute Gasteiger partial charge is 0.383 e. The van der Waals surface area contributed by atoms with Gasteiger partial charge in [-0.1, -0.05) is 30.3 Å². The van der Waals surface area contributed by atoms with Crippen LogP contribution in [-0.4, -0.2) is 4.98 Å². The van der Waals surface area contributed by atoms with Gasteiger partial charge in [-0.05, 0) is 29.8 Å². The van der Waals surface area contributed by atoms with Gasteiger partial charge in [-0.2, -0.15) is 0 Å². The Balaban J connectivity index is 2.27. The van der Waals surface area contributed by atoms with Crippen LogP contribution in [0, 0.1) is 5.82 Å². The summed E-state index contributed by atoms with van der Waals surface area (Å²) in [4.78, 5) is 4.30. The number of fused-ring (bicyclic) bond motifs is 1. The number of nitrogens with zero attached hydrogens (tertiary/aromatic N) is 1. The Morgan fingerprint density at radius 2 is 1.72 bits per heavy atom. The number of hydrogen-bond acceptors (Lipinski definition) is 2. The number of pyridine rings is 1. The van der Waals surface area contributed by atoms with E-state index in [9.17, 15) is 4.39 Å². The van der Waals surface area contributed by atoms with Gasteiger partial charge in [-0.25, -0.2) is 9.37 Å². The Labute approximate surface area is 104 Å². The molecule has 2 nitrogen and oxygen atoms in total. The molecule has 2 N–H and O–H groups in total. The second kappa shape index (κ2) is 4.11.